The maximum atomic E-state index is 5.48. The van der Waals surface area contributed by atoms with E-state index in [0.717, 1.165) is 29.0 Å². The van der Waals surface area contributed by atoms with Gasteiger partial charge >= 0.3 is 0 Å². The Bertz CT molecular complexity index is 506. The van der Waals surface area contributed by atoms with Crippen molar-refractivity contribution in [3.63, 3.8) is 0 Å². The summed E-state index contributed by atoms with van der Waals surface area (Å²) in [5, 5.41) is 0. The summed E-state index contributed by atoms with van der Waals surface area (Å²) < 4.78 is 10.8. The second-order valence-corrected chi connectivity index (χ2v) is 3.89. The molecule has 1 heterocycles. The number of hydrogen-bond acceptors (Lipinski definition) is 4. The molecule has 17 heavy (non-hydrogen) atoms. The van der Waals surface area contributed by atoms with Crippen molar-refractivity contribution in [2.45, 2.75) is 13.3 Å². The third-order valence-electron chi connectivity index (χ3n) is 2.54. The van der Waals surface area contributed by atoms with E-state index >= 15 is 0 Å². The number of methoxy groups -OCH3 is 1. The molecule has 0 amide bonds. The smallest absolute Gasteiger partial charge is 0.229 e. The summed E-state index contributed by atoms with van der Waals surface area (Å²) in [5.74, 6) is 1.34. The van der Waals surface area contributed by atoms with Crippen molar-refractivity contribution in [3.05, 3.63) is 35.7 Å². The molecule has 0 atom stereocenters. The van der Waals surface area contributed by atoms with Gasteiger partial charge in [0, 0.05) is 6.42 Å². The van der Waals surface area contributed by atoms with Crippen LogP contribution in [0.15, 0.2) is 28.9 Å². The first kappa shape index (κ1) is 11.7. The van der Waals surface area contributed by atoms with Crippen LogP contribution in [0.1, 0.15) is 11.3 Å². The fourth-order valence-electron chi connectivity index (χ4n) is 1.68. The molecule has 2 N–H and O–H groups in total. The molecule has 2 aromatic rings. The van der Waals surface area contributed by atoms with E-state index in [1.807, 2.05) is 25.1 Å². The number of hydrogen-bond donors (Lipinski definition) is 1. The number of nitrogens with zero attached hydrogens (tertiary/aromatic N) is 1. The van der Waals surface area contributed by atoms with E-state index < -0.39 is 0 Å². The monoisotopic (exact) mass is 232 g/mol. The topological polar surface area (TPSA) is 61.3 Å². The lowest BCUT2D eigenvalue weighted by Gasteiger charge is -2.05. The van der Waals surface area contributed by atoms with Crippen molar-refractivity contribution < 1.29 is 9.15 Å². The van der Waals surface area contributed by atoms with Crippen LogP contribution in [0.2, 0.25) is 0 Å². The van der Waals surface area contributed by atoms with Crippen LogP contribution in [0, 0.1) is 6.92 Å². The van der Waals surface area contributed by atoms with Gasteiger partial charge in [-0.25, -0.2) is 4.98 Å². The molecule has 0 saturated carbocycles. The molecular formula is C13H16N2O2. The van der Waals surface area contributed by atoms with E-state index in [1.54, 1.807) is 13.4 Å². The van der Waals surface area contributed by atoms with Gasteiger partial charge in [0.15, 0.2) is 0 Å². The van der Waals surface area contributed by atoms with E-state index in [9.17, 15) is 0 Å². The number of nitrogens with two attached hydrogens (primary N) is 1. The molecule has 0 unspecified atom stereocenters. The third kappa shape index (κ3) is 2.47. The van der Waals surface area contributed by atoms with Crippen molar-refractivity contribution >= 4 is 0 Å². The van der Waals surface area contributed by atoms with Gasteiger partial charge in [-0.15, -0.1) is 0 Å². The zero-order valence-corrected chi connectivity index (χ0v) is 10.1. The Morgan fingerprint density at radius 3 is 2.94 bits per heavy atom. The lowest BCUT2D eigenvalue weighted by Crippen LogP contribution is -2.02. The molecule has 4 nitrogen and oxygen atoms in total. The number of rotatable bonds is 4. The van der Waals surface area contributed by atoms with E-state index in [4.69, 9.17) is 14.9 Å². The van der Waals surface area contributed by atoms with Crippen molar-refractivity contribution in [1.82, 2.24) is 4.98 Å². The van der Waals surface area contributed by atoms with Gasteiger partial charge in [-0.05, 0) is 25.6 Å². The average molecular weight is 232 g/mol. The predicted molar refractivity (Wildman–Crippen MR) is 66.0 cm³/mol. The fourth-order valence-corrected chi connectivity index (χ4v) is 1.68. The SMILES string of the molecule is COc1ccc(C)cc1-c1nc(CCN)co1. The van der Waals surface area contributed by atoms with E-state index in [2.05, 4.69) is 4.98 Å². The highest BCUT2D eigenvalue weighted by Crippen LogP contribution is 2.30. The normalized spacial score (nSPS) is 10.5. The maximum absolute atomic E-state index is 5.48. The van der Waals surface area contributed by atoms with E-state index in [1.165, 1.54) is 0 Å². The van der Waals surface area contributed by atoms with E-state index in [-0.39, 0.29) is 0 Å². The largest absolute Gasteiger partial charge is 0.496 e. The summed E-state index contributed by atoms with van der Waals surface area (Å²) in [6.07, 6.45) is 2.36. The van der Waals surface area contributed by atoms with Crippen LogP contribution in [0.25, 0.3) is 11.5 Å². The third-order valence-corrected chi connectivity index (χ3v) is 2.54. The lowest BCUT2D eigenvalue weighted by molar-refractivity contribution is 0.414. The molecule has 0 aliphatic rings. The van der Waals surface area contributed by atoms with Gasteiger partial charge in [-0.2, -0.15) is 0 Å². The quantitative estimate of drug-likeness (QED) is 0.877. The molecule has 0 aliphatic heterocycles. The highest BCUT2D eigenvalue weighted by Gasteiger charge is 2.12. The van der Waals surface area contributed by atoms with E-state index in [0.29, 0.717) is 12.4 Å². The molecule has 4 heteroatoms. The van der Waals surface area contributed by atoms with Gasteiger partial charge in [0.25, 0.3) is 0 Å². The highest BCUT2D eigenvalue weighted by molar-refractivity contribution is 5.63. The van der Waals surface area contributed by atoms with Crippen LogP contribution in [-0.2, 0) is 6.42 Å². The molecule has 0 radical (unpaired) electrons. The van der Waals surface area contributed by atoms with Crippen LogP contribution >= 0.6 is 0 Å². The van der Waals surface area contributed by atoms with Crippen LogP contribution in [0.3, 0.4) is 0 Å². The molecular weight excluding hydrogens is 216 g/mol. The van der Waals surface area contributed by atoms with Crippen molar-refractivity contribution in [2.75, 3.05) is 13.7 Å². The van der Waals surface area contributed by atoms with Gasteiger partial charge in [-0.3, -0.25) is 0 Å². The van der Waals surface area contributed by atoms with Crippen LogP contribution < -0.4 is 10.5 Å². The molecule has 0 saturated heterocycles. The summed E-state index contributed by atoms with van der Waals surface area (Å²) >= 11 is 0. The Balaban J connectivity index is 2.40. The summed E-state index contributed by atoms with van der Waals surface area (Å²) in [4.78, 5) is 4.39. The fraction of sp³-hybridized carbons (Fsp3) is 0.308. The first-order chi connectivity index (χ1) is 8.24. The molecule has 1 aromatic carbocycles. The minimum atomic E-state index is 0.566. The van der Waals surface area contributed by atoms with Crippen LogP contribution in [0.4, 0.5) is 0 Å². The molecule has 0 fully saturated rings. The molecule has 0 spiro atoms. The van der Waals surface area contributed by atoms with Gasteiger partial charge in [-0.1, -0.05) is 11.6 Å². The van der Waals surface area contributed by atoms with Crippen molar-refractivity contribution in [2.24, 2.45) is 5.73 Å². The lowest BCUT2D eigenvalue weighted by atomic mass is 10.1. The second-order valence-electron chi connectivity index (χ2n) is 3.89. The van der Waals surface area contributed by atoms with Gasteiger partial charge in [0.05, 0.1) is 18.4 Å². The van der Waals surface area contributed by atoms with Crippen molar-refractivity contribution in [1.29, 1.82) is 0 Å². The predicted octanol–water partition coefficient (Wildman–Crippen LogP) is 2.16. The number of oxazole rings is 1. The van der Waals surface area contributed by atoms with Crippen LogP contribution in [-0.4, -0.2) is 18.6 Å². The Morgan fingerprint density at radius 2 is 2.24 bits per heavy atom. The standard InChI is InChI=1S/C13H16N2O2/c1-9-3-4-12(16-2)11(7-9)13-15-10(5-6-14)8-17-13/h3-4,7-8H,5-6,14H2,1-2H3. The number of aryl methyl sites for hydroxylation is 1. The molecule has 1 aromatic heterocycles. The number of benzene rings is 1. The zero-order chi connectivity index (χ0) is 12.3. The average Bonchev–Trinajstić information content (AvgIpc) is 2.78. The molecule has 0 aliphatic carbocycles. The van der Waals surface area contributed by atoms with Crippen molar-refractivity contribution in [3.8, 4) is 17.2 Å². The Labute approximate surface area is 100 Å². The first-order valence-corrected chi connectivity index (χ1v) is 5.54. The van der Waals surface area contributed by atoms with Gasteiger partial charge in [0.2, 0.25) is 5.89 Å². The second kappa shape index (κ2) is 5.01. The molecule has 2 rings (SSSR count). The summed E-state index contributed by atoms with van der Waals surface area (Å²) in [7, 11) is 1.64. The Hall–Kier alpha value is -1.81. The first-order valence-electron chi connectivity index (χ1n) is 5.54. The Morgan fingerprint density at radius 1 is 1.41 bits per heavy atom. The molecule has 0 bridgehead atoms. The summed E-state index contributed by atoms with van der Waals surface area (Å²) in [5.41, 5.74) is 8.36. The maximum Gasteiger partial charge on any atom is 0.229 e. The minimum Gasteiger partial charge on any atom is -0.496 e. The van der Waals surface area contributed by atoms with Gasteiger partial charge < -0.3 is 14.9 Å². The molecule has 90 valence electrons. The highest BCUT2D eigenvalue weighted by atomic mass is 16.5. The van der Waals surface area contributed by atoms with Crippen LogP contribution in [0.5, 0.6) is 5.75 Å². The Kier molecular flexibility index (Phi) is 3.44. The number of ether oxygens (including phenoxy) is 1. The zero-order valence-electron chi connectivity index (χ0n) is 10.1. The number of aromatic nitrogens is 1. The summed E-state index contributed by atoms with van der Waals surface area (Å²) in [6, 6.07) is 5.90. The summed E-state index contributed by atoms with van der Waals surface area (Å²) in [6.45, 7) is 2.59. The van der Waals surface area contributed by atoms with Gasteiger partial charge in [0.1, 0.15) is 12.0 Å². The minimum absolute atomic E-state index is 0.566.